The van der Waals surface area contributed by atoms with Crippen molar-refractivity contribution in [2.24, 2.45) is 5.73 Å². The minimum atomic E-state index is -0.161. The first-order chi connectivity index (χ1) is 10.2. The number of amides is 1. The van der Waals surface area contributed by atoms with Crippen LogP contribution in [0.4, 0.5) is 0 Å². The first kappa shape index (κ1) is 15.2. The third kappa shape index (κ3) is 4.38. The zero-order valence-corrected chi connectivity index (χ0v) is 12.5. The number of rotatable bonds is 4. The second kappa shape index (κ2) is 7.53. The zero-order valence-electron chi connectivity index (χ0n) is 11.7. The Labute approximate surface area is 127 Å². The van der Waals surface area contributed by atoms with Gasteiger partial charge in [-0.25, -0.2) is 4.98 Å². The molecule has 0 bridgehead atoms. The lowest BCUT2D eigenvalue weighted by Gasteiger charge is -2.05. The van der Waals surface area contributed by atoms with Crippen molar-refractivity contribution in [3.63, 3.8) is 0 Å². The normalized spacial score (nSPS) is 9.81. The summed E-state index contributed by atoms with van der Waals surface area (Å²) >= 11 is 1.61. The third-order valence-corrected chi connectivity index (χ3v) is 3.55. The SMILES string of the molecule is Cc1nc(CCNC(=O)c2ccncc2C#CCN)cs1. The van der Waals surface area contributed by atoms with Crippen molar-refractivity contribution in [2.45, 2.75) is 13.3 Å². The molecule has 0 spiro atoms. The van der Waals surface area contributed by atoms with Crippen LogP contribution < -0.4 is 11.1 Å². The summed E-state index contributed by atoms with van der Waals surface area (Å²) in [4.78, 5) is 20.5. The minimum Gasteiger partial charge on any atom is -0.352 e. The molecule has 5 nitrogen and oxygen atoms in total. The maximum atomic E-state index is 12.2. The van der Waals surface area contributed by atoms with Crippen molar-refractivity contribution >= 4 is 17.2 Å². The summed E-state index contributed by atoms with van der Waals surface area (Å²) in [5, 5.41) is 5.91. The maximum Gasteiger partial charge on any atom is 0.252 e. The highest BCUT2D eigenvalue weighted by molar-refractivity contribution is 7.09. The zero-order chi connectivity index (χ0) is 15.1. The summed E-state index contributed by atoms with van der Waals surface area (Å²) < 4.78 is 0. The highest BCUT2D eigenvalue weighted by Crippen LogP contribution is 2.08. The number of thiazole rings is 1. The van der Waals surface area contributed by atoms with Crippen LogP contribution in [0.1, 0.15) is 26.6 Å². The molecule has 2 heterocycles. The van der Waals surface area contributed by atoms with Gasteiger partial charge < -0.3 is 11.1 Å². The van der Waals surface area contributed by atoms with Gasteiger partial charge in [-0.2, -0.15) is 0 Å². The van der Waals surface area contributed by atoms with E-state index in [0.29, 0.717) is 24.1 Å². The van der Waals surface area contributed by atoms with E-state index in [0.717, 1.165) is 10.7 Å². The maximum absolute atomic E-state index is 12.2. The van der Waals surface area contributed by atoms with Crippen molar-refractivity contribution in [2.75, 3.05) is 13.1 Å². The van der Waals surface area contributed by atoms with Gasteiger partial charge in [0.2, 0.25) is 0 Å². The number of pyridine rings is 1. The van der Waals surface area contributed by atoms with Gasteiger partial charge in [0.05, 0.1) is 28.4 Å². The van der Waals surface area contributed by atoms with Crippen LogP contribution in [0.5, 0.6) is 0 Å². The third-order valence-electron chi connectivity index (χ3n) is 2.72. The van der Waals surface area contributed by atoms with Crippen LogP contribution in [0, 0.1) is 18.8 Å². The second-order valence-electron chi connectivity index (χ2n) is 4.29. The fourth-order valence-electron chi connectivity index (χ4n) is 1.76. The van der Waals surface area contributed by atoms with Crippen molar-refractivity contribution in [1.29, 1.82) is 0 Å². The Kier molecular flexibility index (Phi) is 5.43. The van der Waals surface area contributed by atoms with E-state index in [-0.39, 0.29) is 12.5 Å². The Hall–Kier alpha value is -2.23. The van der Waals surface area contributed by atoms with Gasteiger partial charge >= 0.3 is 0 Å². The minimum absolute atomic E-state index is 0.161. The number of nitrogens with two attached hydrogens (primary N) is 1. The van der Waals surface area contributed by atoms with Gasteiger partial charge in [-0.3, -0.25) is 9.78 Å². The number of aryl methyl sites for hydroxylation is 1. The Morgan fingerprint density at radius 2 is 2.38 bits per heavy atom. The largest absolute Gasteiger partial charge is 0.352 e. The van der Waals surface area contributed by atoms with E-state index in [1.54, 1.807) is 29.8 Å². The monoisotopic (exact) mass is 300 g/mol. The van der Waals surface area contributed by atoms with Crippen molar-refractivity contribution < 1.29 is 4.79 Å². The molecule has 108 valence electrons. The molecule has 0 fully saturated rings. The highest BCUT2D eigenvalue weighted by atomic mass is 32.1. The fourth-order valence-corrected chi connectivity index (χ4v) is 2.41. The molecule has 21 heavy (non-hydrogen) atoms. The molecule has 3 N–H and O–H groups in total. The van der Waals surface area contributed by atoms with Gasteiger partial charge in [0.1, 0.15) is 0 Å². The number of aromatic nitrogens is 2. The molecule has 0 saturated carbocycles. The Bertz CT molecular complexity index is 684. The lowest BCUT2D eigenvalue weighted by molar-refractivity contribution is 0.0953. The molecule has 0 aliphatic rings. The number of nitrogens with one attached hydrogen (secondary N) is 1. The first-order valence-corrected chi connectivity index (χ1v) is 7.41. The molecular weight excluding hydrogens is 284 g/mol. The average molecular weight is 300 g/mol. The Morgan fingerprint density at radius 1 is 1.52 bits per heavy atom. The van der Waals surface area contributed by atoms with Gasteiger partial charge in [-0.1, -0.05) is 11.8 Å². The molecule has 0 radical (unpaired) electrons. The number of hydrogen-bond donors (Lipinski definition) is 2. The predicted octanol–water partition coefficient (Wildman–Crippen LogP) is 1.13. The van der Waals surface area contributed by atoms with E-state index in [1.807, 2.05) is 12.3 Å². The lowest BCUT2D eigenvalue weighted by atomic mass is 10.1. The van der Waals surface area contributed by atoms with E-state index in [1.165, 1.54) is 0 Å². The second-order valence-corrected chi connectivity index (χ2v) is 5.35. The molecule has 0 aromatic carbocycles. The van der Waals surface area contributed by atoms with E-state index >= 15 is 0 Å². The number of carbonyl (C=O) groups excluding carboxylic acids is 1. The molecular formula is C15H16N4OS. The van der Waals surface area contributed by atoms with Gasteiger partial charge in [0.25, 0.3) is 5.91 Å². The summed E-state index contributed by atoms with van der Waals surface area (Å²) in [6.45, 7) is 2.75. The van der Waals surface area contributed by atoms with Crippen LogP contribution in [0.25, 0.3) is 0 Å². The van der Waals surface area contributed by atoms with Crippen molar-refractivity contribution in [3.8, 4) is 11.8 Å². The summed E-state index contributed by atoms with van der Waals surface area (Å²) in [6.07, 6.45) is 3.86. The van der Waals surface area contributed by atoms with Crippen LogP contribution in [0.2, 0.25) is 0 Å². The molecule has 0 saturated heterocycles. The molecule has 0 aliphatic heterocycles. The Balaban J connectivity index is 1.97. The first-order valence-electron chi connectivity index (χ1n) is 6.53. The molecule has 0 atom stereocenters. The van der Waals surface area contributed by atoms with Crippen LogP contribution in [0.3, 0.4) is 0 Å². The van der Waals surface area contributed by atoms with Gasteiger partial charge in [0.15, 0.2) is 0 Å². The van der Waals surface area contributed by atoms with Crippen molar-refractivity contribution in [1.82, 2.24) is 15.3 Å². The van der Waals surface area contributed by atoms with Gasteiger partial charge in [-0.05, 0) is 13.0 Å². The molecule has 0 unspecified atom stereocenters. The van der Waals surface area contributed by atoms with Crippen LogP contribution in [0.15, 0.2) is 23.8 Å². The van der Waals surface area contributed by atoms with E-state index in [4.69, 9.17) is 5.73 Å². The van der Waals surface area contributed by atoms with Gasteiger partial charge in [0, 0.05) is 30.7 Å². The van der Waals surface area contributed by atoms with E-state index < -0.39 is 0 Å². The van der Waals surface area contributed by atoms with Crippen molar-refractivity contribution in [3.05, 3.63) is 45.7 Å². The summed E-state index contributed by atoms with van der Waals surface area (Å²) in [5.74, 6) is 5.43. The van der Waals surface area contributed by atoms with E-state index in [9.17, 15) is 4.79 Å². The molecule has 2 aromatic heterocycles. The summed E-state index contributed by atoms with van der Waals surface area (Å²) in [5.41, 5.74) is 7.45. The molecule has 0 aliphatic carbocycles. The highest BCUT2D eigenvalue weighted by Gasteiger charge is 2.09. The summed E-state index contributed by atoms with van der Waals surface area (Å²) in [7, 11) is 0. The lowest BCUT2D eigenvalue weighted by Crippen LogP contribution is -2.26. The number of hydrogen-bond acceptors (Lipinski definition) is 5. The standard InChI is InChI=1S/C15H16N4OS/c1-11-19-13(10-21-11)4-8-18-15(20)14-5-7-17-9-12(14)3-2-6-16/h5,7,9-10H,4,6,8,16H2,1H3,(H,18,20). The predicted molar refractivity (Wildman–Crippen MR) is 83.1 cm³/mol. The molecule has 6 heteroatoms. The van der Waals surface area contributed by atoms with Crippen LogP contribution in [-0.2, 0) is 6.42 Å². The van der Waals surface area contributed by atoms with Gasteiger partial charge in [-0.15, -0.1) is 11.3 Å². The molecule has 2 aromatic rings. The quantitative estimate of drug-likeness (QED) is 0.829. The van der Waals surface area contributed by atoms with Crippen LogP contribution in [-0.4, -0.2) is 29.0 Å². The van der Waals surface area contributed by atoms with Crippen LogP contribution >= 0.6 is 11.3 Å². The molecule has 2 rings (SSSR count). The average Bonchev–Trinajstić information content (AvgIpc) is 2.91. The van der Waals surface area contributed by atoms with E-state index in [2.05, 4.69) is 27.1 Å². The number of carbonyl (C=O) groups is 1. The summed E-state index contributed by atoms with van der Waals surface area (Å²) in [6, 6.07) is 1.66. The number of nitrogens with zero attached hydrogens (tertiary/aromatic N) is 2. The molecule has 1 amide bonds. The fraction of sp³-hybridized carbons (Fsp3) is 0.267. The smallest absolute Gasteiger partial charge is 0.252 e. The topological polar surface area (TPSA) is 80.9 Å². The Morgan fingerprint density at radius 3 is 3.10 bits per heavy atom.